The van der Waals surface area contributed by atoms with Crippen LogP contribution in [0.1, 0.15) is 32.8 Å². The number of nitrogens with zero attached hydrogens (tertiary/aromatic N) is 1. The van der Waals surface area contributed by atoms with Gasteiger partial charge in [0.1, 0.15) is 0 Å². The fraction of sp³-hybridized carbons (Fsp3) is 0.429. The molecule has 1 fully saturated rings. The normalized spacial score (nSPS) is 18.6. The summed E-state index contributed by atoms with van der Waals surface area (Å²) >= 11 is 0. The zero-order chi connectivity index (χ0) is 18.7. The minimum absolute atomic E-state index is 0.0684. The summed E-state index contributed by atoms with van der Waals surface area (Å²) in [5, 5.41) is 8.23. The van der Waals surface area contributed by atoms with E-state index < -0.39 is 6.04 Å². The van der Waals surface area contributed by atoms with Crippen LogP contribution in [0.15, 0.2) is 42.5 Å². The smallest absolute Gasteiger partial charge is 0.237 e. The first kappa shape index (κ1) is 18.4. The predicted octanol–water partition coefficient (Wildman–Crippen LogP) is 2.45. The Kier molecular flexibility index (Phi) is 5.28. The molecule has 5 heteroatoms. The summed E-state index contributed by atoms with van der Waals surface area (Å²) in [5.74, 6) is -0.163. The van der Waals surface area contributed by atoms with Crippen LogP contribution in [0.25, 0.3) is 10.8 Å². The minimum atomic E-state index is -0.433. The van der Waals surface area contributed by atoms with E-state index in [1.54, 1.807) is 0 Å². The summed E-state index contributed by atoms with van der Waals surface area (Å²) in [6.45, 7) is 7.84. The van der Waals surface area contributed by atoms with Crippen molar-refractivity contribution >= 4 is 22.6 Å². The van der Waals surface area contributed by atoms with Gasteiger partial charge in [-0.05, 0) is 43.2 Å². The third-order valence-electron chi connectivity index (χ3n) is 4.53. The lowest BCUT2D eigenvalue weighted by atomic mass is 10.0. The molecule has 1 atom stereocenters. The predicted molar refractivity (Wildman–Crippen MR) is 104 cm³/mol. The van der Waals surface area contributed by atoms with Crippen molar-refractivity contribution in [3.63, 3.8) is 0 Å². The van der Waals surface area contributed by atoms with Gasteiger partial charge in [-0.1, -0.05) is 36.4 Å². The van der Waals surface area contributed by atoms with E-state index in [1.807, 2.05) is 32.9 Å². The van der Waals surface area contributed by atoms with E-state index in [4.69, 9.17) is 0 Å². The van der Waals surface area contributed by atoms with Crippen molar-refractivity contribution in [3.05, 3.63) is 48.0 Å². The minimum Gasteiger partial charge on any atom is -0.353 e. The number of rotatable bonds is 4. The van der Waals surface area contributed by atoms with Gasteiger partial charge in [0.2, 0.25) is 11.8 Å². The molecule has 1 unspecified atom stereocenters. The van der Waals surface area contributed by atoms with Crippen LogP contribution in [0.3, 0.4) is 0 Å². The first-order chi connectivity index (χ1) is 12.3. The van der Waals surface area contributed by atoms with Gasteiger partial charge in [0, 0.05) is 25.2 Å². The molecule has 2 aromatic rings. The van der Waals surface area contributed by atoms with E-state index in [-0.39, 0.29) is 23.8 Å². The molecule has 26 heavy (non-hydrogen) atoms. The Balaban J connectivity index is 1.74. The van der Waals surface area contributed by atoms with E-state index >= 15 is 0 Å². The van der Waals surface area contributed by atoms with Crippen LogP contribution in [0, 0.1) is 0 Å². The highest BCUT2D eigenvalue weighted by molar-refractivity contribution is 5.89. The summed E-state index contributed by atoms with van der Waals surface area (Å²) in [4.78, 5) is 26.8. The van der Waals surface area contributed by atoms with Crippen LogP contribution < -0.4 is 10.6 Å². The molecule has 0 bridgehead atoms. The Morgan fingerprint density at radius 3 is 2.65 bits per heavy atom. The Labute approximate surface area is 154 Å². The average Bonchev–Trinajstić information content (AvgIpc) is 2.56. The molecule has 0 aliphatic carbocycles. The van der Waals surface area contributed by atoms with Crippen LogP contribution in [-0.2, 0) is 16.1 Å². The van der Waals surface area contributed by atoms with Crippen molar-refractivity contribution in [2.45, 2.75) is 45.3 Å². The van der Waals surface area contributed by atoms with E-state index in [2.05, 4.69) is 45.9 Å². The second-order valence-corrected chi connectivity index (χ2v) is 7.96. The summed E-state index contributed by atoms with van der Waals surface area (Å²) < 4.78 is 0. The number of benzene rings is 2. The fourth-order valence-electron chi connectivity index (χ4n) is 3.39. The topological polar surface area (TPSA) is 61.4 Å². The van der Waals surface area contributed by atoms with Crippen LogP contribution in [0.2, 0.25) is 0 Å². The summed E-state index contributed by atoms with van der Waals surface area (Å²) in [6, 6.07) is 14.2. The maximum absolute atomic E-state index is 12.4. The molecule has 138 valence electrons. The number of carbonyl (C=O) groups is 2. The van der Waals surface area contributed by atoms with Gasteiger partial charge in [0.15, 0.2) is 0 Å². The van der Waals surface area contributed by atoms with Gasteiger partial charge < -0.3 is 10.6 Å². The summed E-state index contributed by atoms with van der Waals surface area (Å²) in [5.41, 5.74) is 0.852. The van der Waals surface area contributed by atoms with Crippen molar-refractivity contribution < 1.29 is 9.59 Å². The Morgan fingerprint density at radius 1 is 1.19 bits per heavy atom. The van der Waals surface area contributed by atoms with Gasteiger partial charge in [-0.15, -0.1) is 0 Å². The van der Waals surface area contributed by atoms with Gasteiger partial charge >= 0.3 is 0 Å². The number of carbonyl (C=O) groups excluding carboxylic acids is 2. The monoisotopic (exact) mass is 353 g/mol. The fourth-order valence-corrected chi connectivity index (χ4v) is 3.39. The van der Waals surface area contributed by atoms with Crippen LogP contribution in [0.5, 0.6) is 0 Å². The maximum Gasteiger partial charge on any atom is 0.237 e. The van der Waals surface area contributed by atoms with Crippen LogP contribution >= 0.6 is 0 Å². The molecular formula is C21H27N3O2. The maximum atomic E-state index is 12.4. The standard InChI is InChI=1S/C21H27N3O2/c1-21(2,3)23-19(25)13-18-20(26)22-10-11-24(18)14-15-8-9-16-6-4-5-7-17(16)12-15/h4-9,12,18H,10-11,13-14H2,1-3H3,(H,22,26)(H,23,25). The molecule has 0 aromatic heterocycles. The molecule has 5 nitrogen and oxygen atoms in total. The molecule has 0 saturated carbocycles. The van der Waals surface area contributed by atoms with Crippen molar-refractivity contribution in [1.29, 1.82) is 0 Å². The first-order valence-electron chi connectivity index (χ1n) is 9.12. The van der Waals surface area contributed by atoms with Crippen molar-refractivity contribution in [1.82, 2.24) is 15.5 Å². The lowest BCUT2D eigenvalue weighted by Crippen LogP contribution is -2.56. The highest BCUT2D eigenvalue weighted by atomic mass is 16.2. The van der Waals surface area contributed by atoms with Gasteiger partial charge in [0.25, 0.3) is 0 Å². The molecule has 1 aliphatic heterocycles. The largest absolute Gasteiger partial charge is 0.353 e. The lowest BCUT2D eigenvalue weighted by Gasteiger charge is -2.35. The number of piperazine rings is 1. The lowest BCUT2D eigenvalue weighted by molar-refractivity contribution is -0.134. The number of amides is 2. The summed E-state index contributed by atoms with van der Waals surface area (Å²) in [6.07, 6.45) is 0.177. The number of nitrogens with one attached hydrogen (secondary N) is 2. The number of hydrogen-bond acceptors (Lipinski definition) is 3. The van der Waals surface area contributed by atoms with E-state index in [0.717, 1.165) is 12.1 Å². The zero-order valence-corrected chi connectivity index (χ0v) is 15.7. The molecule has 3 rings (SSSR count). The zero-order valence-electron chi connectivity index (χ0n) is 15.7. The van der Waals surface area contributed by atoms with Gasteiger partial charge in [-0.2, -0.15) is 0 Å². The van der Waals surface area contributed by atoms with Gasteiger partial charge in [0.05, 0.1) is 12.5 Å². The molecular weight excluding hydrogens is 326 g/mol. The molecule has 1 saturated heterocycles. The van der Waals surface area contributed by atoms with Crippen molar-refractivity contribution in [2.24, 2.45) is 0 Å². The van der Waals surface area contributed by atoms with Crippen molar-refractivity contribution in [2.75, 3.05) is 13.1 Å². The number of fused-ring (bicyclic) bond motifs is 1. The molecule has 0 spiro atoms. The number of hydrogen-bond donors (Lipinski definition) is 2. The first-order valence-corrected chi connectivity index (χ1v) is 9.12. The van der Waals surface area contributed by atoms with Crippen molar-refractivity contribution in [3.8, 4) is 0 Å². The third-order valence-corrected chi connectivity index (χ3v) is 4.53. The third kappa shape index (κ3) is 4.61. The Hall–Kier alpha value is -2.40. The van der Waals surface area contributed by atoms with Crippen LogP contribution in [0.4, 0.5) is 0 Å². The Bertz CT molecular complexity index is 810. The summed E-state index contributed by atoms with van der Waals surface area (Å²) in [7, 11) is 0. The second-order valence-electron chi connectivity index (χ2n) is 7.96. The van der Waals surface area contributed by atoms with E-state index in [1.165, 1.54) is 10.8 Å². The Morgan fingerprint density at radius 2 is 1.92 bits per heavy atom. The molecule has 0 radical (unpaired) electrons. The molecule has 1 aliphatic rings. The van der Waals surface area contributed by atoms with E-state index in [9.17, 15) is 9.59 Å². The van der Waals surface area contributed by atoms with Crippen LogP contribution in [-0.4, -0.2) is 41.4 Å². The highest BCUT2D eigenvalue weighted by Crippen LogP contribution is 2.19. The SMILES string of the molecule is CC(C)(C)NC(=O)CC1C(=O)NCCN1Cc1ccc2ccccc2c1. The van der Waals surface area contributed by atoms with Gasteiger partial charge in [-0.25, -0.2) is 0 Å². The molecule has 2 amide bonds. The highest BCUT2D eigenvalue weighted by Gasteiger charge is 2.32. The van der Waals surface area contributed by atoms with E-state index in [0.29, 0.717) is 13.1 Å². The quantitative estimate of drug-likeness (QED) is 0.888. The molecule has 1 heterocycles. The van der Waals surface area contributed by atoms with Gasteiger partial charge in [-0.3, -0.25) is 14.5 Å². The molecule has 2 aromatic carbocycles. The molecule has 2 N–H and O–H groups in total. The second kappa shape index (κ2) is 7.46. The average molecular weight is 353 g/mol.